The van der Waals surface area contributed by atoms with Gasteiger partial charge in [0.25, 0.3) is 0 Å². The van der Waals surface area contributed by atoms with Crippen molar-refractivity contribution in [1.29, 1.82) is 0 Å². The lowest BCUT2D eigenvalue weighted by Crippen LogP contribution is -2.18. The van der Waals surface area contributed by atoms with E-state index in [0.717, 1.165) is 18.6 Å². The monoisotopic (exact) mass is 250 g/mol. The molecule has 0 saturated carbocycles. The number of nitrogens with one attached hydrogen (secondary N) is 1. The fraction of sp³-hybridized carbons (Fsp3) is 0.500. The highest BCUT2D eigenvalue weighted by Gasteiger charge is 2.01. The largest absolute Gasteiger partial charge is 0.494 e. The van der Waals surface area contributed by atoms with Crippen molar-refractivity contribution in [3.63, 3.8) is 0 Å². The highest BCUT2D eigenvalue weighted by Crippen LogP contribution is 2.14. The summed E-state index contributed by atoms with van der Waals surface area (Å²) >= 11 is 0. The lowest BCUT2D eigenvalue weighted by atomic mass is 10.1. The normalized spacial score (nSPS) is 11.9. The summed E-state index contributed by atoms with van der Waals surface area (Å²) in [5.74, 6) is 0.884. The molecule has 4 nitrogen and oxygen atoms in total. The molecule has 0 aliphatic heterocycles. The summed E-state index contributed by atoms with van der Waals surface area (Å²) in [6, 6.07) is 8.08. The number of amides is 1. The summed E-state index contributed by atoms with van der Waals surface area (Å²) in [6.45, 7) is 2.53. The molecule has 4 heteroatoms. The number of rotatable bonds is 7. The zero-order valence-corrected chi connectivity index (χ0v) is 11.1. The van der Waals surface area contributed by atoms with Crippen molar-refractivity contribution in [1.82, 2.24) is 5.32 Å². The van der Waals surface area contributed by atoms with Crippen LogP contribution in [0.25, 0.3) is 0 Å². The summed E-state index contributed by atoms with van der Waals surface area (Å²) in [6.07, 6.45) is 2.06. The van der Waals surface area contributed by atoms with Crippen molar-refractivity contribution >= 4 is 5.91 Å². The Hall–Kier alpha value is -1.55. The van der Waals surface area contributed by atoms with Crippen LogP contribution in [0.4, 0.5) is 0 Å². The van der Waals surface area contributed by atoms with Gasteiger partial charge < -0.3 is 15.8 Å². The molecular formula is C14H22N2O2. The third-order valence-corrected chi connectivity index (χ3v) is 2.55. The van der Waals surface area contributed by atoms with Crippen LogP contribution in [-0.2, 0) is 11.2 Å². The predicted molar refractivity (Wildman–Crippen MR) is 72.6 cm³/mol. The van der Waals surface area contributed by atoms with E-state index in [2.05, 4.69) is 5.32 Å². The van der Waals surface area contributed by atoms with E-state index in [0.29, 0.717) is 13.0 Å². The fourth-order valence-corrected chi connectivity index (χ4v) is 1.68. The van der Waals surface area contributed by atoms with E-state index in [9.17, 15) is 4.79 Å². The molecule has 0 radical (unpaired) electrons. The van der Waals surface area contributed by atoms with Crippen molar-refractivity contribution in [3.05, 3.63) is 29.8 Å². The Labute approximate surface area is 109 Å². The minimum atomic E-state index is 0.0457. The van der Waals surface area contributed by atoms with Crippen molar-refractivity contribution in [2.24, 2.45) is 5.73 Å². The van der Waals surface area contributed by atoms with Crippen LogP contribution in [0.2, 0.25) is 0 Å². The van der Waals surface area contributed by atoms with Crippen LogP contribution in [0.15, 0.2) is 24.3 Å². The third-order valence-electron chi connectivity index (χ3n) is 2.55. The molecule has 1 atom stereocenters. The zero-order valence-electron chi connectivity index (χ0n) is 11.1. The molecule has 1 aromatic carbocycles. The number of hydrogen-bond donors (Lipinski definition) is 2. The maximum Gasteiger partial charge on any atom is 0.219 e. The van der Waals surface area contributed by atoms with Crippen LogP contribution in [0.3, 0.4) is 0 Å². The molecule has 0 aliphatic carbocycles. The first kappa shape index (κ1) is 14.5. The second-order valence-corrected chi connectivity index (χ2v) is 4.45. The highest BCUT2D eigenvalue weighted by molar-refractivity contribution is 5.75. The number of hydrogen-bond acceptors (Lipinski definition) is 3. The Bertz CT molecular complexity index is 378. The van der Waals surface area contributed by atoms with E-state index < -0.39 is 0 Å². The molecule has 0 spiro atoms. The lowest BCUT2D eigenvalue weighted by molar-refractivity contribution is -0.120. The highest BCUT2D eigenvalue weighted by atomic mass is 16.5. The fourth-order valence-electron chi connectivity index (χ4n) is 1.68. The Morgan fingerprint density at radius 3 is 2.94 bits per heavy atom. The van der Waals surface area contributed by atoms with Gasteiger partial charge in [-0.3, -0.25) is 4.79 Å². The maximum atomic E-state index is 11.0. The van der Waals surface area contributed by atoms with Gasteiger partial charge in [-0.2, -0.15) is 0 Å². The van der Waals surface area contributed by atoms with Gasteiger partial charge in [0.1, 0.15) is 5.75 Å². The van der Waals surface area contributed by atoms with Crippen LogP contribution in [0.1, 0.15) is 25.3 Å². The Kier molecular flexibility index (Phi) is 6.22. The first-order chi connectivity index (χ1) is 8.61. The van der Waals surface area contributed by atoms with Crippen LogP contribution in [-0.4, -0.2) is 25.6 Å². The summed E-state index contributed by atoms with van der Waals surface area (Å²) in [5, 5.41) is 2.59. The summed E-state index contributed by atoms with van der Waals surface area (Å²) in [4.78, 5) is 11.0. The van der Waals surface area contributed by atoms with Crippen LogP contribution < -0.4 is 15.8 Å². The summed E-state index contributed by atoms with van der Waals surface area (Å²) in [7, 11) is 1.64. The molecule has 0 fully saturated rings. The van der Waals surface area contributed by atoms with E-state index in [-0.39, 0.29) is 11.9 Å². The average Bonchev–Trinajstić information content (AvgIpc) is 2.34. The summed E-state index contributed by atoms with van der Waals surface area (Å²) < 4.78 is 5.60. The lowest BCUT2D eigenvalue weighted by Gasteiger charge is -2.09. The second-order valence-electron chi connectivity index (χ2n) is 4.45. The van der Waals surface area contributed by atoms with Crippen LogP contribution in [0, 0.1) is 0 Å². The van der Waals surface area contributed by atoms with Gasteiger partial charge in [-0.05, 0) is 37.5 Å². The molecule has 1 amide bonds. The Morgan fingerprint density at radius 2 is 2.28 bits per heavy atom. The van der Waals surface area contributed by atoms with Gasteiger partial charge in [0, 0.05) is 19.5 Å². The molecule has 3 N–H and O–H groups in total. The molecule has 1 rings (SSSR count). The third kappa shape index (κ3) is 5.68. The SMILES string of the molecule is CNC(=O)CCCOc1cccc(CC(C)N)c1. The second kappa shape index (κ2) is 7.71. The van der Waals surface area contributed by atoms with Gasteiger partial charge in [0.05, 0.1) is 6.61 Å². The topological polar surface area (TPSA) is 64.3 Å². The smallest absolute Gasteiger partial charge is 0.219 e. The predicted octanol–water partition coefficient (Wildman–Crippen LogP) is 1.48. The van der Waals surface area contributed by atoms with Gasteiger partial charge in [-0.25, -0.2) is 0 Å². The number of nitrogens with two attached hydrogens (primary N) is 1. The molecular weight excluding hydrogens is 228 g/mol. The van der Waals surface area contributed by atoms with Crippen molar-refractivity contribution in [2.75, 3.05) is 13.7 Å². The first-order valence-electron chi connectivity index (χ1n) is 6.29. The molecule has 0 aliphatic rings. The zero-order chi connectivity index (χ0) is 13.4. The number of ether oxygens (including phenoxy) is 1. The van der Waals surface area contributed by atoms with Crippen molar-refractivity contribution < 1.29 is 9.53 Å². The van der Waals surface area contributed by atoms with E-state index in [1.165, 1.54) is 5.56 Å². The van der Waals surface area contributed by atoms with Crippen molar-refractivity contribution in [2.45, 2.75) is 32.2 Å². The van der Waals surface area contributed by atoms with Crippen molar-refractivity contribution in [3.8, 4) is 5.75 Å². The van der Waals surface area contributed by atoms with Crippen LogP contribution in [0.5, 0.6) is 5.75 Å². The molecule has 0 aromatic heterocycles. The standard InChI is InChI=1S/C14H22N2O2/c1-11(15)9-12-5-3-6-13(10-12)18-8-4-7-14(17)16-2/h3,5-6,10-11H,4,7-9,15H2,1-2H3,(H,16,17). The molecule has 1 unspecified atom stereocenters. The van der Waals surface area contributed by atoms with Gasteiger partial charge >= 0.3 is 0 Å². The van der Waals surface area contributed by atoms with E-state index in [1.54, 1.807) is 7.05 Å². The first-order valence-corrected chi connectivity index (χ1v) is 6.29. The minimum absolute atomic E-state index is 0.0457. The molecule has 0 saturated heterocycles. The van der Waals surface area contributed by atoms with E-state index in [4.69, 9.17) is 10.5 Å². The molecule has 0 bridgehead atoms. The van der Waals surface area contributed by atoms with Crippen LogP contribution >= 0.6 is 0 Å². The van der Waals surface area contributed by atoms with Gasteiger partial charge in [-0.15, -0.1) is 0 Å². The Morgan fingerprint density at radius 1 is 1.50 bits per heavy atom. The number of carbonyl (C=O) groups is 1. The molecule has 1 aromatic rings. The molecule has 0 heterocycles. The molecule has 18 heavy (non-hydrogen) atoms. The average molecular weight is 250 g/mol. The van der Waals surface area contributed by atoms with Gasteiger partial charge in [-0.1, -0.05) is 12.1 Å². The van der Waals surface area contributed by atoms with Gasteiger partial charge in [0.15, 0.2) is 0 Å². The van der Waals surface area contributed by atoms with E-state index >= 15 is 0 Å². The van der Waals surface area contributed by atoms with Gasteiger partial charge in [0.2, 0.25) is 5.91 Å². The quantitative estimate of drug-likeness (QED) is 0.720. The number of benzene rings is 1. The number of carbonyl (C=O) groups excluding carboxylic acids is 1. The minimum Gasteiger partial charge on any atom is -0.494 e. The maximum absolute atomic E-state index is 11.0. The summed E-state index contributed by atoms with van der Waals surface area (Å²) in [5.41, 5.74) is 6.93. The van der Waals surface area contributed by atoms with E-state index in [1.807, 2.05) is 31.2 Å². The Balaban J connectivity index is 2.35. The molecule has 100 valence electrons.